The topological polar surface area (TPSA) is 59.6 Å². The number of carbonyl (C=O) groups is 1. The van der Waals surface area contributed by atoms with Crippen molar-refractivity contribution in [1.82, 2.24) is 5.32 Å². The Bertz CT molecular complexity index is 532. The highest BCUT2D eigenvalue weighted by Crippen LogP contribution is 2.27. The third kappa shape index (κ3) is 4.80. The van der Waals surface area contributed by atoms with Gasteiger partial charge in [0.25, 0.3) is 0 Å². The number of carbonyl (C=O) groups excluding carboxylic acids is 1. The number of amides is 1. The van der Waals surface area contributed by atoms with Crippen LogP contribution in [0.1, 0.15) is 19.3 Å². The van der Waals surface area contributed by atoms with Crippen molar-refractivity contribution >= 4 is 24.0 Å². The smallest absolute Gasteiger partial charge is 0.228 e. The fourth-order valence-electron chi connectivity index (χ4n) is 2.80. The van der Waals surface area contributed by atoms with Crippen LogP contribution in [0.25, 0.3) is 0 Å². The Hall–Kier alpha value is -1.37. The summed E-state index contributed by atoms with van der Waals surface area (Å²) in [5, 5.41) is 5.93. The zero-order chi connectivity index (χ0) is 15.4. The van der Waals surface area contributed by atoms with Gasteiger partial charge in [0.15, 0.2) is 0 Å². The van der Waals surface area contributed by atoms with Crippen molar-refractivity contribution in [1.29, 1.82) is 0 Å². The number of nitrogens with one attached hydrogen (secondary N) is 2. The number of benzene rings is 1. The molecule has 0 bridgehead atoms. The Morgan fingerprint density at radius 2 is 2.30 bits per heavy atom. The minimum atomic E-state index is -0.399. The van der Waals surface area contributed by atoms with E-state index in [9.17, 15) is 9.18 Å². The van der Waals surface area contributed by atoms with Crippen LogP contribution in [0.5, 0.6) is 5.75 Å². The normalized spacial score (nSPS) is 23.3. The number of hydrogen-bond donors (Lipinski definition) is 2. The molecule has 2 saturated heterocycles. The first-order valence-corrected chi connectivity index (χ1v) is 7.78. The van der Waals surface area contributed by atoms with Crippen LogP contribution < -0.4 is 15.4 Å². The zero-order valence-electron chi connectivity index (χ0n) is 12.8. The Balaban J connectivity index is 0.00000192. The van der Waals surface area contributed by atoms with Gasteiger partial charge in [-0.2, -0.15) is 0 Å². The predicted molar refractivity (Wildman–Crippen MR) is 87.7 cm³/mol. The van der Waals surface area contributed by atoms with Gasteiger partial charge in [-0.25, -0.2) is 4.39 Å². The second-order valence-corrected chi connectivity index (χ2v) is 5.77. The molecule has 0 aromatic heterocycles. The molecule has 0 aliphatic carbocycles. The fraction of sp³-hybridized carbons (Fsp3) is 0.562. The van der Waals surface area contributed by atoms with Gasteiger partial charge < -0.3 is 20.1 Å². The van der Waals surface area contributed by atoms with Crippen LogP contribution in [-0.2, 0) is 9.53 Å². The summed E-state index contributed by atoms with van der Waals surface area (Å²) in [6.45, 7) is 2.67. The third-order valence-corrected chi connectivity index (χ3v) is 4.08. The molecule has 2 heterocycles. The molecular weight excluding hydrogens is 323 g/mol. The summed E-state index contributed by atoms with van der Waals surface area (Å²) in [7, 11) is 0. The molecule has 5 nitrogen and oxygen atoms in total. The van der Waals surface area contributed by atoms with E-state index in [1.165, 1.54) is 12.1 Å². The molecule has 7 heteroatoms. The summed E-state index contributed by atoms with van der Waals surface area (Å²) >= 11 is 0. The van der Waals surface area contributed by atoms with E-state index in [2.05, 4.69) is 10.6 Å². The highest BCUT2D eigenvalue weighted by molar-refractivity contribution is 5.94. The number of anilines is 1. The van der Waals surface area contributed by atoms with Crippen molar-refractivity contribution in [3.63, 3.8) is 0 Å². The van der Waals surface area contributed by atoms with Gasteiger partial charge in [0.1, 0.15) is 18.2 Å². The molecule has 2 aliphatic heterocycles. The van der Waals surface area contributed by atoms with Crippen LogP contribution in [0.4, 0.5) is 10.1 Å². The highest BCUT2D eigenvalue weighted by atomic mass is 35.5. The van der Waals surface area contributed by atoms with E-state index in [0.717, 1.165) is 32.4 Å². The summed E-state index contributed by atoms with van der Waals surface area (Å²) in [4.78, 5) is 12.2. The molecular formula is C16H22ClFN2O3. The van der Waals surface area contributed by atoms with Crippen LogP contribution in [0.15, 0.2) is 18.2 Å². The molecule has 2 aliphatic rings. The molecule has 23 heavy (non-hydrogen) atoms. The average molecular weight is 345 g/mol. The molecule has 128 valence electrons. The maximum absolute atomic E-state index is 13.5. The SMILES string of the molecule is Cl.O=C(Nc1cc(F)ccc1OCC1CCCO1)C1CCNC1. The zero-order valence-corrected chi connectivity index (χ0v) is 13.7. The van der Waals surface area contributed by atoms with Crippen molar-refractivity contribution in [2.24, 2.45) is 5.92 Å². The maximum atomic E-state index is 13.5. The predicted octanol–water partition coefficient (Wildman–Crippen LogP) is 2.35. The minimum absolute atomic E-state index is 0. The van der Waals surface area contributed by atoms with Crippen LogP contribution >= 0.6 is 12.4 Å². The van der Waals surface area contributed by atoms with Gasteiger partial charge in [-0.1, -0.05) is 0 Å². The Morgan fingerprint density at radius 3 is 3.00 bits per heavy atom. The van der Waals surface area contributed by atoms with Crippen LogP contribution in [0.3, 0.4) is 0 Å². The monoisotopic (exact) mass is 344 g/mol. The van der Waals surface area contributed by atoms with Crippen LogP contribution in [0.2, 0.25) is 0 Å². The van der Waals surface area contributed by atoms with Crippen molar-refractivity contribution in [3.8, 4) is 5.75 Å². The third-order valence-electron chi connectivity index (χ3n) is 4.08. The molecule has 1 aromatic carbocycles. The average Bonchev–Trinajstić information content (AvgIpc) is 3.20. The lowest BCUT2D eigenvalue weighted by Gasteiger charge is -2.16. The van der Waals surface area contributed by atoms with Gasteiger partial charge >= 0.3 is 0 Å². The fourth-order valence-corrected chi connectivity index (χ4v) is 2.80. The van der Waals surface area contributed by atoms with Gasteiger partial charge in [-0.05, 0) is 37.9 Å². The lowest BCUT2D eigenvalue weighted by molar-refractivity contribution is -0.119. The van der Waals surface area contributed by atoms with Gasteiger partial charge in [0, 0.05) is 19.2 Å². The Kier molecular flexibility index (Phi) is 6.62. The number of hydrogen-bond acceptors (Lipinski definition) is 4. The summed E-state index contributed by atoms with van der Waals surface area (Å²) in [5.41, 5.74) is 0.384. The molecule has 2 fully saturated rings. The van der Waals surface area contributed by atoms with Crippen molar-refractivity contribution in [2.45, 2.75) is 25.4 Å². The van der Waals surface area contributed by atoms with E-state index in [0.29, 0.717) is 24.6 Å². The van der Waals surface area contributed by atoms with Crippen LogP contribution in [-0.4, -0.2) is 38.3 Å². The van der Waals surface area contributed by atoms with Crippen molar-refractivity contribution < 1.29 is 18.7 Å². The first-order chi connectivity index (χ1) is 10.7. The molecule has 2 unspecified atom stereocenters. The summed E-state index contributed by atoms with van der Waals surface area (Å²) < 4.78 is 24.7. The number of halogens is 2. The summed E-state index contributed by atoms with van der Waals surface area (Å²) in [6.07, 6.45) is 2.88. The van der Waals surface area contributed by atoms with E-state index in [1.807, 2.05) is 0 Å². The van der Waals surface area contributed by atoms with Crippen molar-refractivity contribution in [3.05, 3.63) is 24.0 Å². The van der Waals surface area contributed by atoms with E-state index in [4.69, 9.17) is 9.47 Å². The second-order valence-electron chi connectivity index (χ2n) is 5.77. The first-order valence-electron chi connectivity index (χ1n) is 7.78. The van der Waals surface area contributed by atoms with Crippen molar-refractivity contribution in [2.75, 3.05) is 31.6 Å². The summed E-state index contributed by atoms with van der Waals surface area (Å²) in [6, 6.07) is 4.18. The van der Waals surface area contributed by atoms with E-state index in [1.54, 1.807) is 6.07 Å². The molecule has 2 N–H and O–H groups in total. The Morgan fingerprint density at radius 1 is 1.43 bits per heavy atom. The van der Waals surface area contributed by atoms with Crippen LogP contribution in [0, 0.1) is 11.7 Å². The molecule has 0 spiro atoms. The molecule has 1 aromatic rings. The molecule has 0 radical (unpaired) electrons. The molecule has 3 rings (SSSR count). The van der Waals surface area contributed by atoms with E-state index in [-0.39, 0.29) is 30.3 Å². The lowest BCUT2D eigenvalue weighted by atomic mass is 10.1. The molecule has 1 amide bonds. The van der Waals surface area contributed by atoms with Gasteiger partial charge in [0.05, 0.1) is 17.7 Å². The quantitative estimate of drug-likeness (QED) is 0.861. The maximum Gasteiger partial charge on any atom is 0.228 e. The lowest BCUT2D eigenvalue weighted by Crippen LogP contribution is -2.25. The Labute approximate surface area is 141 Å². The molecule has 2 atom stereocenters. The molecule has 0 saturated carbocycles. The van der Waals surface area contributed by atoms with Gasteiger partial charge in [-0.3, -0.25) is 4.79 Å². The number of rotatable bonds is 5. The summed E-state index contributed by atoms with van der Waals surface area (Å²) in [5.74, 6) is -0.0904. The second kappa shape index (κ2) is 8.47. The van der Waals surface area contributed by atoms with E-state index < -0.39 is 5.82 Å². The largest absolute Gasteiger partial charge is 0.489 e. The first kappa shape index (κ1) is 18.0. The van der Waals surface area contributed by atoms with Gasteiger partial charge in [0.2, 0.25) is 5.91 Å². The standard InChI is InChI=1S/C16H21FN2O3.ClH/c17-12-3-4-15(22-10-13-2-1-7-21-13)14(8-12)19-16(20)11-5-6-18-9-11;/h3-4,8,11,13,18H,1-2,5-7,9-10H2,(H,19,20);1H. The number of ether oxygens (including phenoxy) is 2. The highest BCUT2D eigenvalue weighted by Gasteiger charge is 2.24. The van der Waals surface area contributed by atoms with Gasteiger partial charge in [-0.15, -0.1) is 12.4 Å². The van der Waals surface area contributed by atoms with E-state index >= 15 is 0 Å². The minimum Gasteiger partial charge on any atom is -0.489 e.